The van der Waals surface area contributed by atoms with Gasteiger partial charge in [0.05, 0.1) is 25.9 Å². The van der Waals surface area contributed by atoms with Crippen molar-refractivity contribution in [1.29, 1.82) is 0 Å². The maximum Gasteiger partial charge on any atom is 0.226 e. The third-order valence-electron chi connectivity index (χ3n) is 4.33. The molecular formula is C22H26N4O3. The van der Waals surface area contributed by atoms with Crippen molar-refractivity contribution in [1.82, 2.24) is 15.2 Å². The zero-order valence-electron chi connectivity index (χ0n) is 17.0. The van der Waals surface area contributed by atoms with E-state index in [-0.39, 0.29) is 0 Å². The Morgan fingerprint density at radius 3 is 2.52 bits per heavy atom. The molecular weight excluding hydrogens is 368 g/mol. The van der Waals surface area contributed by atoms with Crippen LogP contribution in [0.4, 0.5) is 0 Å². The van der Waals surface area contributed by atoms with Gasteiger partial charge in [-0.15, -0.1) is 0 Å². The Labute approximate surface area is 171 Å². The average Bonchev–Trinajstić information content (AvgIpc) is 3.24. The van der Waals surface area contributed by atoms with Crippen molar-refractivity contribution >= 4 is 5.96 Å². The molecule has 0 radical (unpaired) electrons. The molecule has 0 bridgehead atoms. The third-order valence-corrected chi connectivity index (χ3v) is 4.33. The molecule has 3 rings (SSSR count). The van der Waals surface area contributed by atoms with E-state index in [9.17, 15) is 0 Å². The van der Waals surface area contributed by atoms with Crippen LogP contribution in [0.25, 0.3) is 11.5 Å². The molecule has 0 amide bonds. The zero-order valence-corrected chi connectivity index (χ0v) is 17.0. The van der Waals surface area contributed by atoms with Crippen LogP contribution < -0.4 is 14.8 Å². The smallest absolute Gasteiger partial charge is 0.226 e. The Morgan fingerprint density at radius 1 is 1.10 bits per heavy atom. The fraction of sp³-hybridized carbons (Fsp3) is 0.273. The van der Waals surface area contributed by atoms with Crippen molar-refractivity contribution in [2.75, 3.05) is 34.4 Å². The second-order valence-electron chi connectivity index (χ2n) is 6.36. The van der Waals surface area contributed by atoms with E-state index >= 15 is 0 Å². The van der Waals surface area contributed by atoms with Gasteiger partial charge in [0.15, 0.2) is 5.96 Å². The van der Waals surface area contributed by atoms with Gasteiger partial charge in [-0.1, -0.05) is 18.2 Å². The minimum absolute atomic E-state index is 0.521. The highest BCUT2D eigenvalue weighted by Gasteiger charge is 2.09. The second kappa shape index (κ2) is 10.2. The maximum absolute atomic E-state index is 5.78. The van der Waals surface area contributed by atoms with E-state index in [0.717, 1.165) is 28.7 Å². The molecule has 0 saturated heterocycles. The average molecular weight is 394 g/mol. The molecule has 1 aromatic heterocycles. The van der Waals surface area contributed by atoms with Gasteiger partial charge in [0.2, 0.25) is 5.89 Å². The first kappa shape index (κ1) is 20.3. The number of methoxy groups -OCH3 is 1. The van der Waals surface area contributed by atoms with Crippen LogP contribution in [0.2, 0.25) is 0 Å². The van der Waals surface area contributed by atoms with Crippen molar-refractivity contribution < 1.29 is 13.9 Å². The van der Waals surface area contributed by atoms with Crippen LogP contribution in [-0.2, 0) is 6.54 Å². The summed E-state index contributed by atoms with van der Waals surface area (Å²) in [7, 11) is 5.36. The molecule has 0 spiro atoms. The van der Waals surface area contributed by atoms with Gasteiger partial charge in [-0.3, -0.25) is 4.99 Å². The van der Waals surface area contributed by atoms with Gasteiger partial charge in [0.1, 0.15) is 24.4 Å². The van der Waals surface area contributed by atoms with Crippen LogP contribution >= 0.6 is 0 Å². The summed E-state index contributed by atoms with van der Waals surface area (Å²) in [5.41, 5.74) is 1.77. The van der Waals surface area contributed by atoms with E-state index in [0.29, 0.717) is 25.6 Å². The quantitative estimate of drug-likeness (QED) is 0.466. The molecule has 1 heterocycles. The van der Waals surface area contributed by atoms with Crippen molar-refractivity contribution in [3.8, 4) is 23.0 Å². The summed E-state index contributed by atoms with van der Waals surface area (Å²) < 4.78 is 16.5. The molecule has 0 saturated carbocycles. The summed E-state index contributed by atoms with van der Waals surface area (Å²) in [5.74, 6) is 2.98. The molecule has 0 aliphatic rings. The number of aliphatic imine (C=N–C) groups is 1. The monoisotopic (exact) mass is 394 g/mol. The van der Waals surface area contributed by atoms with Gasteiger partial charge >= 0.3 is 0 Å². The molecule has 7 heteroatoms. The number of benzene rings is 2. The summed E-state index contributed by atoms with van der Waals surface area (Å²) in [6.07, 6.45) is 1.66. The predicted molar refractivity (Wildman–Crippen MR) is 113 cm³/mol. The molecule has 3 aromatic rings. The van der Waals surface area contributed by atoms with Crippen LogP contribution in [0.1, 0.15) is 5.69 Å². The topological polar surface area (TPSA) is 72.1 Å². The van der Waals surface area contributed by atoms with Crippen molar-refractivity contribution in [2.24, 2.45) is 4.99 Å². The molecule has 0 atom stereocenters. The van der Waals surface area contributed by atoms with Gasteiger partial charge < -0.3 is 24.1 Å². The molecule has 0 fully saturated rings. The predicted octanol–water partition coefficient (Wildman–Crippen LogP) is 3.44. The van der Waals surface area contributed by atoms with Crippen molar-refractivity contribution in [3.05, 3.63) is 66.6 Å². The number of guanidine groups is 1. The molecule has 2 aromatic carbocycles. The molecule has 29 heavy (non-hydrogen) atoms. The highest BCUT2D eigenvalue weighted by molar-refractivity contribution is 5.79. The van der Waals surface area contributed by atoms with E-state index in [1.165, 1.54) is 0 Å². The number of nitrogens with one attached hydrogen (secondary N) is 1. The lowest BCUT2D eigenvalue weighted by Gasteiger charge is -2.21. The van der Waals surface area contributed by atoms with E-state index in [1.807, 2.05) is 66.5 Å². The lowest BCUT2D eigenvalue weighted by atomic mass is 10.2. The summed E-state index contributed by atoms with van der Waals surface area (Å²) >= 11 is 0. The van der Waals surface area contributed by atoms with Crippen LogP contribution in [0.3, 0.4) is 0 Å². The Balaban J connectivity index is 1.46. The standard InChI is InChI=1S/C22H26N4O3/c1-23-22(26(2)13-14-28-20-11-9-19(27-3)10-12-20)24-15-18-16-29-21(25-18)17-7-5-4-6-8-17/h4-12,16H,13-15H2,1-3H3,(H,23,24). The minimum atomic E-state index is 0.521. The summed E-state index contributed by atoms with van der Waals surface area (Å²) in [6, 6.07) is 17.4. The van der Waals surface area contributed by atoms with Gasteiger partial charge in [-0.05, 0) is 36.4 Å². The molecule has 152 valence electrons. The van der Waals surface area contributed by atoms with E-state index in [1.54, 1.807) is 20.4 Å². The van der Waals surface area contributed by atoms with Gasteiger partial charge in [-0.25, -0.2) is 4.98 Å². The molecule has 1 N–H and O–H groups in total. The maximum atomic E-state index is 5.78. The number of nitrogens with zero attached hydrogens (tertiary/aromatic N) is 3. The number of likely N-dealkylation sites (N-methyl/N-ethyl adjacent to an activating group) is 1. The van der Waals surface area contributed by atoms with E-state index in [2.05, 4.69) is 15.3 Å². The van der Waals surface area contributed by atoms with Crippen molar-refractivity contribution in [2.45, 2.75) is 6.54 Å². The first-order chi connectivity index (χ1) is 14.2. The Morgan fingerprint density at radius 2 is 1.83 bits per heavy atom. The Hall–Kier alpha value is -3.48. The zero-order chi connectivity index (χ0) is 20.5. The molecule has 7 nitrogen and oxygen atoms in total. The summed E-state index contributed by atoms with van der Waals surface area (Å²) in [4.78, 5) is 10.8. The largest absolute Gasteiger partial charge is 0.497 e. The third kappa shape index (κ3) is 5.75. The van der Waals surface area contributed by atoms with Crippen molar-refractivity contribution in [3.63, 3.8) is 0 Å². The molecule has 0 aliphatic heterocycles. The highest BCUT2D eigenvalue weighted by atomic mass is 16.5. The number of hydrogen-bond acceptors (Lipinski definition) is 5. The normalized spacial score (nSPS) is 11.2. The van der Waals surface area contributed by atoms with Crippen LogP contribution in [0.5, 0.6) is 11.5 Å². The number of aromatic nitrogens is 1. The molecule has 0 unspecified atom stereocenters. The number of hydrogen-bond donors (Lipinski definition) is 1. The summed E-state index contributed by atoms with van der Waals surface area (Å²) in [6.45, 7) is 1.73. The Bertz CT molecular complexity index is 907. The van der Waals surface area contributed by atoms with Gasteiger partial charge in [0.25, 0.3) is 0 Å². The number of rotatable bonds is 8. The highest BCUT2D eigenvalue weighted by Crippen LogP contribution is 2.18. The lowest BCUT2D eigenvalue weighted by molar-refractivity contribution is 0.281. The van der Waals surface area contributed by atoms with Gasteiger partial charge in [0, 0.05) is 19.7 Å². The molecule has 0 aliphatic carbocycles. The number of oxazole rings is 1. The number of ether oxygens (including phenoxy) is 2. The SMILES string of the molecule is CN=C(NCc1coc(-c2ccccc2)n1)N(C)CCOc1ccc(OC)cc1. The van der Waals surface area contributed by atoms with Gasteiger partial charge in [-0.2, -0.15) is 0 Å². The van der Waals surface area contributed by atoms with Crippen LogP contribution in [0, 0.1) is 0 Å². The fourth-order valence-corrected chi connectivity index (χ4v) is 2.73. The lowest BCUT2D eigenvalue weighted by Crippen LogP contribution is -2.40. The summed E-state index contributed by atoms with van der Waals surface area (Å²) in [5, 5.41) is 3.30. The first-order valence-corrected chi connectivity index (χ1v) is 9.38. The van der Waals surface area contributed by atoms with E-state index in [4.69, 9.17) is 13.9 Å². The Kier molecular flexibility index (Phi) is 7.10. The first-order valence-electron chi connectivity index (χ1n) is 9.38. The second-order valence-corrected chi connectivity index (χ2v) is 6.36. The van der Waals surface area contributed by atoms with E-state index < -0.39 is 0 Å². The fourth-order valence-electron chi connectivity index (χ4n) is 2.73. The van der Waals surface area contributed by atoms with Crippen LogP contribution in [-0.4, -0.2) is 50.2 Å². The minimum Gasteiger partial charge on any atom is -0.497 e. The van der Waals surface area contributed by atoms with Crippen LogP contribution in [0.15, 0.2) is 70.3 Å².